The lowest BCUT2D eigenvalue weighted by Crippen LogP contribution is -2.12. The summed E-state index contributed by atoms with van der Waals surface area (Å²) in [6, 6.07) is 3.51. The second-order valence-electron chi connectivity index (χ2n) is 4.92. The molecule has 1 amide bonds. The largest absolute Gasteiger partial charge is 0.338 e. The first-order valence-electron chi connectivity index (χ1n) is 5.39. The van der Waals surface area contributed by atoms with Crippen molar-refractivity contribution in [1.82, 2.24) is 5.16 Å². The first-order chi connectivity index (χ1) is 8.36. The van der Waals surface area contributed by atoms with Gasteiger partial charge in [0.2, 0.25) is 5.88 Å². The Morgan fingerprint density at radius 1 is 1.44 bits per heavy atom. The number of thiophene rings is 1. The number of hydrogen-bond acceptors (Lipinski definition) is 4. The van der Waals surface area contributed by atoms with Crippen molar-refractivity contribution in [3.63, 3.8) is 0 Å². The van der Waals surface area contributed by atoms with E-state index in [1.165, 1.54) is 11.3 Å². The molecule has 0 atom stereocenters. The molecule has 0 saturated carbocycles. The Bertz CT molecular complexity index is 569. The van der Waals surface area contributed by atoms with Crippen molar-refractivity contribution in [3.05, 3.63) is 32.6 Å². The standard InChI is InChI=1S/C12H13BrN2O2S/c1-12(2,3)8-5-10(17-15-8)14-11(16)7-4-9(13)18-6-7/h4-6H,1-3H3,(H,14,16). The lowest BCUT2D eigenvalue weighted by Gasteiger charge is -2.12. The summed E-state index contributed by atoms with van der Waals surface area (Å²) >= 11 is 4.78. The molecular weight excluding hydrogens is 316 g/mol. The van der Waals surface area contributed by atoms with Crippen molar-refractivity contribution in [3.8, 4) is 0 Å². The molecule has 2 aromatic rings. The molecule has 0 aromatic carbocycles. The van der Waals surface area contributed by atoms with E-state index in [1.54, 1.807) is 17.5 Å². The fourth-order valence-corrected chi connectivity index (χ4v) is 2.44. The van der Waals surface area contributed by atoms with Gasteiger partial charge in [-0.2, -0.15) is 0 Å². The van der Waals surface area contributed by atoms with Gasteiger partial charge >= 0.3 is 0 Å². The van der Waals surface area contributed by atoms with Crippen LogP contribution in [0.3, 0.4) is 0 Å². The number of carbonyl (C=O) groups excluding carboxylic acids is 1. The summed E-state index contributed by atoms with van der Waals surface area (Å²) in [5, 5.41) is 8.40. The van der Waals surface area contributed by atoms with Gasteiger partial charge in [-0.25, -0.2) is 0 Å². The molecule has 0 aliphatic heterocycles. The molecular formula is C12H13BrN2O2S. The van der Waals surface area contributed by atoms with Crippen molar-refractivity contribution < 1.29 is 9.32 Å². The zero-order valence-electron chi connectivity index (χ0n) is 10.3. The Labute approximate surface area is 117 Å². The number of aromatic nitrogens is 1. The van der Waals surface area contributed by atoms with E-state index >= 15 is 0 Å². The summed E-state index contributed by atoms with van der Waals surface area (Å²) in [5.74, 6) is 0.167. The first kappa shape index (κ1) is 13.3. The number of carbonyl (C=O) groups is 1. The Morgan fingerprint density at radius 2 is 2.17 bits per heavy atom. The molecule has 2 rings (SSSR count). The Hall–Kier alpha value is -1.14. The summed E-state index contributed by atoms with van der Waals surface area (Å²) in [7, 11) is 0. The van der Waals surface area contributed by atoms with E-state index in [-0.39, 0.29) is 11.3 Å². The van der Waals surface area contributed by atoms with Gasteiger partial charge in [-0.15, -0.1) is 11.3 Å². The quantitative estimate of drug-likeness (QED) is 0.904. The van der Waals surface area contributed by atoms with Gasteiger partial charge in [0.15, 0.2) is 0 Å². The predicted octanol–water partition coefficient (Wildman–Crippen LogP) is 4.05. The van der Waals surface area contributed by atoms with Crippen LogP contribution in [0.1, 0.15) is 36.8 Å². The third-order valence-corrected chi connectivity index (χ3v) is 3.85. The molecule has 0 fully saturated rings. The van der Waals surface area contributed by atoms with Crippen LogP contribution in [0.2, 0.25) is 0 Å². The van der Waals surface area contributed by atoms with Crippen molar-refractivity contribution in [1.29, 1.82) is 0 Å². The number of hydrogen-bond donors (Lipinski definition) is 1. The average molecular weight is 329 g/mol. The Morgan fingerprint density at radius 3 is 2.67 bits per heavy atom. The summed E-state index contributed by atoms with van der Waals surface area (Å²) < 4.78 is 6.02. The number of rotatable bonds is 2. The van der Waals surface area contributed by atoms with E-state index in [9.17, 15) is 4.79 Å². The lowest BCUT2D eigenvalue weighted by molar-refractivity contribution is 0.102. The van der Waals surface area contributed by atoms with Crippen LogP contribution in [0.4, 0.5) is 5.88 Å². The highest BCUT2D eigenvalue weighted by atomic mass is 79.9. The fraction of sp³-hybridized carbons (Fsp3) is 0.333. The maximum Gasteiger partial charge on any atom is 0.258 e. The molecule has 1 N–H and O–H groups in total. The summed E-state index contributed by atoms with van der Waals surface area (Å²) in [6.07, 6.45) is 0. The van der Waals surface area contributed by atoms with Gasteiger partial charge < -0.3 is 4.52 Å². The van der Waals surface area contributed by atoms with E-state index < -0.39 is 0 Å². The smallest absolute Gasteiger partial charge is 0.258 e. The summed E-state index contributed by atoms with van der Waals surface area (Å²) in [6.45, 7) is 6.10. The van der Waals surface area contributed by atoms with Crippen LogP contribution in [0.5, 0.6) is 0 Å². The molecule has 0 spiro atoms. The number of amides is 1. The SMILES string of the molecule is CC(C)(C)c1cc(NC(=O)c2csc(Br)c2)on1. The molecule has 0 radical (unpaired) electrons. The second kappa shape index (κ2) is 4.85. The van der Waals surface area contributed by atoms with Crippen LogP contribution in [0, 0.1) is 0 Å². The maximum absolute atomic E-state index is 11.9. The minimum Gasteiger partial charge on any atom is -0.338 e. The zero-order valence-corrected chi connectivity index (χ0v) is 12.7. The molecule has 2 heterocycles. The van der Waals surface area contributed by atoms with Gasteiger partial charge in [0.25, 0.3) is 5.91 Å². The first-order valence-corrected chi connectivity index (χ1v) is 7.06. The Balaban J connectivity index is 2.10. The topological polar surface area (TPSA) is 55.1 Å². The molecule has 96 valence electrons. The molecule has 0 aliphatic carbocycles. The molecule has 6 heteroatoms. The number of halogens is 1. The molecule has 0 bridgehead atoms. The van der Waals surface area contributed by atoms with Crippen LogP contribution < -0.4 is 5.32 Å². The van der Waals surface area contributed by atoms with Crippen LogP contribution in [-0.2, 0) is 5.41 Å². The minimum absolute atomic E-state index is 0.0993. The van der Waals surface area contributed by atoms with E-state index in [2.05, 4.69) is 26.4 Å². The van der Waals surface area contributed by atoms with Crippen LogP contribution in [0.25, 0.3) is 0 Å². The van der Waals surface area contributed by atoms with Crippen LogP contribution in [-0.4, -0.2) is 11.1 Å². The van der Waals surface area contributed by atoms with Gasteiger partial charge in [-0.1, -0.05) is 25.9 Å². The van der Waals surface area contributed by atoms with E-state index in [4.69, 9.17) is 4.52 Å². The predicted molar refractivity (Wildman–Crippen MR) is 75.2 cm³/mol. The zero-order chi connectivity index (χ0) is 13.3. The molecule has 2 aromatic heterocycles. The third-order valence-electron chi connectivity index (χ3n) is 2.34. The van der Waals surface area contributed by atoms with Crippen molar-refractivity contribution in [2.45, 2.75) is 26.2 Å². The normalized spacial score (nSPS) is 11.6. The van der Waals surface area contributed by atoms with E-state index in [0.29, 0.717) is 11.4 Å². The highest BCUT2D eigenvalue weighted by Crippen LogP contribution is 2.25. The summed E-state index contributed by atoms with van der Waals surface area (Å²) in [5.41, 5.74) is 1.31. The highest BCUT2D eigenvalue weighted by molar-refractivity contribution is 9.11. The van der Waals surface area contributed by atoms with Gasteiger partial charge in [0.1, 0.15) is 0 Å². The number of nitrogens with one attached hydrogen (secondary N) is 1. The highest BCUT2D eigenvalue weighted by Gasteiger charge is 2.20. The number of nitrogens with zero attached hydrogens (tertiary/aromatic N) is 1. The minimum atomic E-state index is -0.200. The molecule has 0 unspecified atom stereocenters. The van der Waals surface area contributed by atoms with Gasteiger partial charge in [-0.05, 0) is 22.0 Å². The lowest BCUT2D eigenvalue weighted by atomic mass is 9.92. The maximum atomic E-state index is 11.9. The average Bonchev–Trinajstić information content (AvgIpc) is 2.85. The second-order valence-corrected chi connectivity index (χ2v) is 7.21. The van der Waals surface area contributed by atoms with E-state index in [0.717, 1.165) is 9.48 Å². The number of anilines is 1. The van der Waals surface area contributed by atoms with Crippen LogP contribution >= 0.6 is 27.3 Å². The Kier molecular flexibility index (Phi) is 3.59. The van der Waals surface area contributed by atoms with Crippen molar-refractivity contribution >= 4 is 39.1 Å². The molecule has 18 heavy (non-hydrogen) atoms. The summed E-state index contributed by atoms with van der Waals surface area (Å²) in [4.78, 5) is 11.9. The van der Waals surface area contributed by atoms with Gasteiger partial charge in [0, 0.05) is 16.9 Å². The van der Waals surface area contributed by atoms with Crippen LogP contribution in [0.15, 0.2) is 25.8 Å². The monoisotopic (exact) mass is 328 g/mol. The third kappa shape index (κ3) is 3.00. The van der Waals surface area contributed by atoms with Crippen molar-refractivity contribution in [2.24, 2.45) is 0 Å². The van der Waals surface area contributed by atoms with Crippen molar-refractivity contribution in [2.75, 3.05) is 5.32 Å². The van der Waals surface area contributed by atoms with E-state index in [1.807, 2.05) is 20.8 Å². The molecule has 0 aliphatic rings. The van der Waals surface area contributed by atoms with Gasteiger partial charge in [-0.3, -0.25) is 10.1 Å². The van der Waals surface area contributed by atoms with Gasteiger partial charge in [0.05, 0.1) is 15.0 Å². The molecule has 4 nitrogen and oxygen atoms in total. The fourth-order valence-electron chi connectivity index (χ4n) is 1.30. The molecule has 0 saturated heterocycles.